The number of nitrogens with two attached hydrogens (primary N) is 1. The molecular weight excluding hydrogens is 140 g/mol. The summed E-state index contributed by atoms with van der Waals surface area (Å²) in [4.78, 5) is 2.41. The predicted octanol–water partition coefficient (Wildman–Crippen LogP) is -0.334. The summed E-state index contributed by atoms with van der Waals surface area (Å²) < 4.78 is 5.18. The molecule has 0 aromatic rings. The molecule has 2 rings (SSSR count). The summed E-state index contributed by atoms with van der Waals surface area (Å²) in [5.74, 6) is 0. The Morgan fingerprint density at radius 3 is 2.55 bits per heavy atom. The van der Waals surface area contributed by atoms with Gasteiger partial charge < -0.3 is 10.5 Å². The van der Waals surface area contributed by atoms with Crippen molar-refractivity contribution in [2.24, 2.45) is 11.1 Å². The maximum absolute atomic E-state index is 5.67. The van der Waals surface area contributed by atoms with Gasteiger partial charge in [-0.2, -0.15) is 0 Å². The summed E-state index contributed by atoms with van der Waals surface area (Å²) in [6.07, 6.45) is 0. The topological polar surface area (TPSA) is 38.5 Å². The molecule has 2 N–H and O–H groups in total. The minimum atomic E-state index is 0.430. The van der Waals surface area contributed by atoms with Gasteiger partial charge in [-0.3, -0.25) is 4.90 Å². The molecule has 0 amide bonds. The summed E-state index contributed by atoms with van der Waals surface area (Å²) in [6.45, 7) is 7.46. The van der Waals surface area contributed by atoms with E-state index in [9.17, 15) is 0 Å². The molecule has 2 saturated heterocycles. The fraction of sp³-hybridized carbons (Fsp3) is 1.00. The fourth-order valence-corrected chi connectivity index (χ4v) is 1.82. The second-order valence-electron chi connectivity index (χ2n) is 4.26. The van der Waals surface area contributed by atoms with E-state index in [1.54, 1.807) is 0 Å². The highest BCUT2D eigenvalue weighted by molar-refractivity contribution is 4.90. The number of hydrogen-bond donors (Lipinski definition) is 1. The largest absolute Gasteiger partial charge is 0.380 e. The Morgan fingerprint density at radius 2 is 2.18 bits per heavy atom. The molecule has 0 aliphatic carbocycles. The molecule has 2 heterocycles. The maximum Gasteiger partial charge on any atom is 0.0554 e. The Morgan fingerprint density at radius 1 is 1.55 bits per heavy atom. The zero-order chi connectivity index (χ0) is 7.90. The van der Waals surface area contributed by atoms with E-state index in [1.807, 2.05) is 0 Å². The van der Waals surface area contributed by atoms with Crippen LogP contribution in [0.1, 0.15) is 6.92 Å². The van der Waals surface area contributed by atoms with Crippen molar-refractivity contribution in [1.29, 1.82) is 0 Å². The second-order valence-corrected chi connectivity index (χ2v) is 4.26. The van der Waals surface area contributed by atoms with Crippen molar-refractivity contribution in [3.63, 3.8) is 0 Å². The number of nitrogens with zero attached hydrogens (tertiary/aromatic N) is 1. The van der Waals surface area contributed by atoms with Crippen molar-refractivity contribution in [1.82, 2.24) is 4.90 Å². The highest BCUT2D eigenvalue weighted by atomic mass is 16.5. The van der Waals surface area contributed by atoms with Gasteiger partial charge in [-0.05, 0) is 0 Å². The summed E-state index contributed by atoms with van der Waals surface area (Å²) in [5.41, 5.74) is 6.10. The highest BCUT2D eigenvalue weighted by Gasteiger charge is 2.37. The van der Waals surface area contributed by atoms with Crippen LogP contribution in [0, 0.1) is 5.41 Å². The van der Waals surface area contributed by atoms with Crippen molar-refractivity contribution < 1.29 is 4.74 Å². The van der Waals surface area contributed by atoms with Crippen molar-refractivity contribution in [3.05, 3.63) is 0 Å². The third-order valence-electron chi connectivity index (χ3n) is 2.49. The van der Waals surface area contributed by atoms with Crippen molar-refractivity contribution in [2.75, 3.05) is 32.8 Å². The molecule has 0 aromatic heterocycles. The molecule has 64 valence electrons. The van der Waals surface area contributed by atoms with E-state index in [-0.39, 0.29) is 0 Å². The first-order valence-electron chi connectivity index (χ1n) is 4.24. The van der Waals surface area contributed by atoms with Crippen LogP contribution >= 0.6 is 0 Å². The maximum atomic E-state index is 5.67. The first-order valence-corrected chi connectivity index (χ1v) is 4.24. The monoisotopic (exact) mass is 156 g/mol. The molecule has 0 radical (unpaired) electrons. The van der Waals surface area contributed by atoms with Crippen LogP contribution in [0.3, 0.4) is 0 Å². The van der Waals surface area contributed by atoms with Crippen LogP contribution < -0.4 is 5.73 Å². The Bertz CT molecular complexity index is 150. The second kappa shape index (κ2) is 2.44. The molecule has 0 saturated carbocycles. The van der Waals surface area contributed by atoms with Crippen LogP contribution in [0.25, 0.3) is 0 Å². The molecule has 0 aromatic carbocycles. The molecule has 0 spiro atoms. The van der Waals surface area contributed by atoms with Gasteiger partial charge >= 0.3 is 0 Å². The van der Waals surface area contributed by atoms with E-state index in [1.165, 1.54) is 6.54 Å². The number of likely N-dealkylation sites (tertiary alicyclic amines) is 1. The molecule has 0 bridgehead atoms. The van der Waals surface area contributed by atoms with Gasteiger partial charge in [0, 0.05) is 31.1 Å². The van der Waals surface area contributed by atoms with Gasteiger partial charge in [0.2, 0.25) is 0 Å². The molecule has 2 aliphatic heterocycles. The summed E-state index contributed by atoms with van der Waals surface area (Å²) in [7, 11) is 0. The van der Waals surface area contributed by atoms with Crippen molar-refractivity contribution in [2.45, 2.75) is 13.0 Å². The van der Waals surface area contributed by atoms with E-state index >= 15 is 0 Å². The van der Waals surface area contributed by atoms with E-state index in [2.05, 4.69) is 11.8 Å². The van der Waals surface area contributed by atoms with E-state index in [0.29, 0.717) is 11.5 Å². The quantitative estimate of drug-likeness (QED) is 0.595. The Balaban J connectivity index is 1.73. The van der Waals surface area contributed by atoms with Crippen LogP contribution in [0.2, 0.25) is 0 Å². The van der Waals surface area contributed by atoms with E-state index < -0.39 is 0 Å². The third kappa shape index (κ3) is 1.41. The van der Waals surface area contributed by atoms with Gasteiger partial charge in [-0.15, -0.1) is 0 Å². The molecule has 0 unspecified atom stereocenters. The lowest BCUT2D eigenvalue weighted by Crippen LogP contribution is -2.60. The van der Waals surface area contributed by atoms with Gasteiger partial charge in [0.05, 0.1) is 13.2 Å². The molecule has 3 nitrogen and oxygen atoms in total. The van der Waals surface area contributed by atoms with E-state index in [0.717, 1.165) is 26.3 Å². The van der Waals surface area contributed by atoms with Gasteiger partial charge in [-0.25, -0.2) is 0 Å². The lowest BCUT2D eigenvalue weighted by Gasteiger charge is -2.46. The molecular formula is C8H16N2O. The standard InChI is InChI=1S/C8H16N2O/c1-8(5-11-6-8)4-10-2-7(9)3-10/h7H,2-6,9H2,1H3. The Hall–Kier alpha value is -0.120. The summed E-state index contributed by atoms with van der Waals surface area (Å²) in [6, 6.07) is 0.430. The minimum Gasteiger partial charge on any atom is -0.380 e. The van der Waals surface area contributed by atoms with Crippen molar-refractivity contribution in [3.8, 4) is 0 Å². The van der Waals surface area contributed by atoms with Gasteiger partial charge in [0.1, 0.15) is 0 Å². The lowest BCUT2D eigenvalue weighted by molar-refractivity contribution is -0.122. The molecule has 11 heavy (non-hydrogen) atoms. The summed E-state index contributed by atoms with van der Waals surface area (Å²) in [5, 5.41) is 0. The first kappa shape index (κ1) is 7.53. The zero-order valence-corrected chi connectivity index (χ0v) is 7.05. The lowest BCUT2D eigenvalue weighted by atomic mass is 9.87. The molecule has 0 atom stereocenters. The number of rotatable bonds is 2. The van der Waals surface area contributed by atoms with Crippen LogP contribution in [-0.4, -0.2) is 43.8 Å². The SMILES string of the molecule is CC1(CN2CC(N)C2)COC1. The number of ether oxygens (including phenoxy) is 1. The van der Waals surface area contributed by atoms with Crippen LogP contribution in [0.15, 0.2) is 0 Å². The predicted molar refractivity (Wildman–Crippen MR) is 43.3 cm³/mol. The van der Waals surface area contributed by atoms with Gasteiger partial charge in [0.25, 0.3) is 0 Å². The Kier molecular flexibility index (Phi) is 1.67. The average Bonchev–Trinajstić information content (AvgIpc) is 1.81. The van der Waals surface area contributed by atoms with Gasteiger partial charge in [0.15, 0.2) is 0 Å². The molecule has 3 heteroatoms. The fourth-order valence-electron chi connectivity index (χ4n) is 1.82. The third-order valence-corrected chi connectivity index (χ3v) is 2.49. The number of hydrogen-bond acceptors (Lipinski definition) is 3. The molecule has 2 aliphatic rings. The van der Waals surface area contributed by atoms with Crippen molar-refractivity contribution >= 4 is 0 Å². The first-order chi connectivity index (χ1) is 5.18. The van der Waals surface area contributed by atoms with Crippen LogP contribution in [0.4, 0.5) is 0 Å². The summed E-state index contributed by atoms with van der Waals surface area (Å²) >= 11 is 0. The van der Waals surface area contributed by atoms with Gasteiger partial charge in [-0.1, -0.05) is 6.92 Å². The smallest absolute Gasteiger partial charge is 0.0554 e. The van der Waals surface area contributed by atoms with Crippen LogP contribution in [0.5, 0.6) is 0 Å². The average molecular weight is 156 g/mol. The Labute approximate surface area is 67.5 Å². The van der Waals surface area contributed by atoms with Crippen LogP contribution in [-0.2, 0) is 4.74 Å². The zero-order valence-electron chi connectivity index (χ0n) is 7.05. The highest BCUT2D eigenvalue weighted by Crippen LogP contribution is 2.28. The minimum absolute atomic E-state index is 0.430. The van der Waals surface area contributed by atoms with E-state index in [4.69, 9.17) is 10.5 Å². The molecule has 2 fully saturated rings. The normalized spacial score (nSPS) is 31.1.